The summed E-state index contributed by atoms with van der Waals surface area (Å²) in [6.07, 6.45) is 3.11. The summed E-state index contributed by atoms with van der Waals surface area (Å²) in [4.78, 5) is 14.6. The molecule has 1 rings (SSSR count). The molecule has 0 spiro atoms. The largest absolute Gasteiger partial charge is 0.399 e. The molecule has 0 amide bonds. The Hall–Kier alpha value is -1.35. The van der Waals surface area contributed by atoms with Gasteiger partial charge in [-0.15, -0.1) is 0 Å². The zero-order valence-corrected chi connectivity index (χ0v) is 11.6. The number of carbonyl (C=O) groups is 1. The fourth-order valence-electron chi connectivity index (χ4n) is 2.10. The van der Waals surface area contributed by atoms with Crippen molar-refractivity contribution < 1.29 is 4.79 Å². The van der Waals surface area contributed by atoms with Gasteiger partial charge in [-0.3, -0.25) is 9.69 Å². The molecular formula is C15H24N2O. The smallest absolute Gasteiger partial charge is 0.179 e. The zero-order chi connectivity index (χ0) is 13.5. The van der Waals surface area contributed by atoms with E-state index in [9.17, 15) is 4.79 Å². The van der Waals surface area contributed by atoms with Crippen molar-refractivity contribution in [1.29, 1.82) is 0 Å². The topological polar surface area (TPSA) is 46.3 Å². The Bertz CT molecular complexity index is 373. The first kappa shape index (κ1) is 14.7. The number of hydrogen-bond acceptors (Lipinski definition) is 3. The van der Waals surface area contributed by atoms with Crippen LogP contribution in [-0.4, -0.2) is 30.3 Å². The third kappa shape index (κ3) is 3.84. The third-order valence-corrected chi connectivity index (χ3v) is 3.28. The van der Waals surface area contributed by atoms with E-state index in [0.717, 1.165) is 31.4 Å². The maximum absolute atomic E-state index is 12.4. The number of nitrogens with zero attached hydrogens (tertiary/aromatic N) is 1. The lowest BCUT2D eigenvalue weighted by molar-refractivity contribution is 0.0845. The second kappa shape index (κ2) is 7.17. The van der Waals surface area contributed by atoms with E-state index in [-0.39, 0.29) is 11.8 Å². The standard InChI is InChI=1S/C15H24N2O/c1-4-6-11-17(3)14(5-2)15(18)12-7-9-13(16)10-8-12/h7-10,14H,4-6,11,16H2,1-3H3. The Morgan fingerprint density at radius 1 is 1.28 bits per heavy atom. The molecule has 1 unspecified atom stereocenters. The zero-order valence-electron chi connectivity index (χ0n) is 11.6. The maximum Gasteiger partial charge on any atom is 0.179 e. The van der Waals surface area contributed by atoms with E-state index in [1.165, 1.54) is 0 Å². The number of anilines is 1. The van der Waals surface area contributed by atoms with Crippen molar-refractivity contribution in [2.75, 3.05) is 19.3 Å². The number of likely N-dealkylation sites (N-methyl/N-ethyl adjacent to an activating group) is 1. The van der Waals surface area contributed by atoms with Crippen LogP contribution in [0.3, 0.4) is 0 Å². The quantitative estimate of drug-likeness (QED) is 0.596. The van der Waals surface area contributed by atoms with Gasteiger partial charge in [-0.2, -0.15) is 0 Å². The van der Waals surface area contributed by atoms with Gasteiger partial charge in [0.1, 0.15) is 0 Å². The number of unbranched alkanes of at least 4 members (excludes halogenated alkanes) is 1. The molecule has 0 radical (unpaired) electrons. The number of nitrogen functional groups attached to an aromatic ring is 1. The maximum atomic E-state index is 12.4. The lowest BCUT2D eigenvalue weighted by Gasteiger charge is -2.25. The number of rotatable bonds is 7. The van der Waals surface area contributed by atoms with Crippen LogP contribution in [0.25, 0.3) is 0 Å². The van der Waals surface area contributed by atoms with Crippen molar-refractivity contribution in [2.45, 2.75) is 39.2 Å². The van der Waals surface area contributed by atoms with Crippen molar-refractivity contribution in [3.05, 3.63) is 29.8 Å². The van der Waals surface area contributed by atoms with E-state index in [2.05, 4.69) is 18.7 Å². The van der Waals surface area contributed by atoms with Crippen LogP contribution in [0.15, 0.2) is 24.3 Å². The molecule has 1 aromatic carbocycles. The normalized spacial score (nSPS) is 12.7. The van der Waals surface area contributed by atoms with Crippen molar-refractivity contribution in [3.63, 3.8) is 0 Å². The summed E-state index contributed by atoms with van der Waals surface area (Å²) in [5, 5.41) is 0. The summed E-state index contributed by atoms with van der Waals surface area (Å²) in [7, 11) is 2.03. The number of ketones is 1. The van der Waals surface area contributed by atoms with Crippen LogP contribution in [0.1, 0.15) is 43.5 Å². The Labute approximate surface area is 110 Å². The van der Waals surface area contributed by atoms with E-state index in [0.29, 0.717) is 5.69 Å². The first-order valence-electron chi connectivity index (χ1n) is 6.70. The van der Waals surface area contributed by atoms with Crippen LogP contribution in [-0.2, 0) is 0 Å². The summed E-state index contributed by atoms with van der Waals surface area (Å²) in [5.41, 5.74) is 7.08. The van der Waals surface area contributed by atoms with Gasteiger partial charge in [0.15, 0.2) is 5.78 Å². The molecule has 0 aliphatic rings. The number of benzene rings is 1. The van der Waals surface area contributed by atoms with Gasteiger partial charge < -0.3 is 5.73 Å². The molecule has 0 bridgehead atoms. The molecule has 18 heavy (non-hydrogen) atoms. The number of hydrogen-bond donors (Lipinski definition) is 1. The fourth-order valence-corrected chi connectivity index (χ4v) is 2.10. The van der Waals surface area contributed by atoms with Gasteiger partial charge in [-0.05, 0) is 50.7 Å². The highest BCUT2D eigenvalue weighted by Gasteiger charge is 2.21. The molecule has 2 N–H and O–H groups in total. The SMILES string of the molecule is CCCCN(C)C(CC)C(=O)c1ccc(N)cc1. The van der Waals surface area contributed by atoms with Gasteiger partial charge in [-0.1, -0.05) is 20.3 Å². The minimum absolute atomic E-state index is 0.0276. The van der Waals surface area contributed by atoms with E-state index in [1.807, 2.05) is 19.2 Å². The van der Waals surface area contributed by atoms with Crippen molar-refractivity contribution in [2.24, 2.45) is 0 Å². The first-order valence-corrected chi connectivity index (χ1v) is 6.70. The van der Waals surface area contributed by atoms with E-state index in [4.69, 9.17) is 5.73 Å². The Kier molecular flexibility index (Phi) is 5.86. The van der Waals surface area contributed by atoms with Crippen molar-refractivity contribution >= 4 is 11.5 Å². The molecule has 0 fully saturated rings. The lowest BCUT2D eigenvalue weighted by Crippen LogP contribution is -2.38. The van der Waals surface area contributed by atoms with Crippen LogP contribution < -0.4 is 5.73 Å². The predicted octanol–water partition coefficient (Wildman–Crippen LogP) is 2.96. The lowest BCUT2D eigenvalue weighted by atomic mass is 10.0. The van der Waals surface area contributed by atoms with E-state index >= 15 is 0 Å². The van der Waals surface area contributed by atoms with Gasteiger partial charge in [0.05, 0.1) is 6.04 Å². The predicted molar refractivity (Wildman–Crippen MR) is 76.8 cm³/mol. The minimum Gasteiger partial charge on any atom is -0.399 e. The number of Topliss-reactive ketones (excluding diaryl/α,β-unsaturated/α-hetero) is 1. The molecule has 100 valence electrons. The van der Waals surface area contributed by atoms with Crippen LogP contribution in [0.5, 0.6) is 0 Å². The Morgan fingerprint density at radius 3 is 2.39 bits per heavy atom. The van der Waals surface area contributed by atoms with E-state index in [1.54, 1.807) is 12.1 Å². The molecule has 0 aliphatic heterocycles. The number of nitrogens with two attached hydrogens (primary N) is 1. The molecule has 1 atom stereocenters. The molecular weight excluding hydrogens is 224 g/mol. The molecule has 0 heterocycles. The van der Waals surface area contributed by atoms with Gasteiger partial charge in [0.2, 0.25) is 0 Å². The van der Waals surface area contributed by atoms with Crippen molar-refractivity contribution in [1.82, 2.24) is 4.90 Å². The molecule has 3 heteroatoms. The highest BCUT2D eigenvalue weighted by molar-refractivity contribution is 6.00. The first-order chi connectivity index (χ1) is 8.60. The third-order valence-electron chi connectivity index (χ3n) is 3.28. The second-order valence-electron chi connectivity index (χ2n) is 4.74. The van der Waals surface area contributed by atoms with Gasteiger partial charge in [0, 0.05) is 11.3 Å². The summed E-state index contributed by atoms with van der Waals surface area (Å²) in [6.45, 7) is 5.19. The number of carbonyl (C=O) groups excluding carboxylic acids is 1. The Balaban J connectivity index is 2.75. The summed E-state index contributed by atoms with van der Waals surface area (Å²) >= 11 is 0. The molecule has 0 saturated heterocycles. The summed E-state index contributed by atoms with van der Waals surface area (Å²) in [6, 6.07) is 7.17. The van der Waals surface area contributed by atoms with Gasteiger partial charge in [0.25, 0.3) is 0 Å². The highest BCUT2D eigenvalue weighted by atomic mass is 16.1. The average molecular weight is 248 g/mol. The van der Waals surface area contributed by atoms with Crippen LogP contribution in [0.2, 0.25) is 0 Å². The second-order valence-corrected chi connectivity index (χ2v) is 4.74. The highest BCUT2D eigenvalue weighted by Crippen LogP contribution is 2.13. The fraction of sp³-hybridized carbons (Fsp3) is 0.533. The minimum atomic E-state index is -0.0276. The van der Waals surface area contributed by atoms with E-state index < -0.39 is 0 Å². The summed E-state index contributed by atoms with van der Waals surface area (Å²) in [5.74, 6) is 0.191. The van der Waals surface area contributed by atoms with Crippen LogP contribution >= 0.6 is 0 Å². The summed E-state index contributed by atoms with van der Waals surface area (Å²) < 4.78 is 0. The molecule has 0 saturated carbocycles. The average Bonchev–Trinajstić information content (AvgIpc) is 2.37. The molecule has 0 aliphatic carbocycles. The molecule has 3 nitrogen and oxygen atoms in total. The van der Waals surface area contributed by atoms with Crippen LogP contribution in [0.4, 0.5) is 5.69 Å². The molecule has 0 aromatic heterocycles. The monoisotopic (exact) mass is 248 g/mol. The Morgan fingerprint density at radius 2 is 1.89 bits per heavy atom. The van der Waals surface area contributed by atoms with Crippen LogP contribution in [0, 0.1) is 0 Å². The van der Waals surface area contributed by atoms with Gasteiger partial charge >= 0.3 is 0 Å². The van der Waals surface area contributed by atoms with Crippen molar-refractivity contribution in [3.8, 4) is 0 Å². The van der Waals surface area contributed by atoms with Gasteiger partial charge in [-0.25, -0.2) is 0 Å². The molecule has 1 aromatic rings.